The van der Waals surface area contributed by atoms with Gasteiger partial charge in [-0.15, -0.1) is 0 Å². The smallest absolute Gasteiger partial charge is 0.153 e. The molecule has 16 heavy (non-hydrogen) atoms. The molecule has 96 valence electrons. The molecule has 2 unspecified atom stereocenters. The molecule has 1 fully saturated rings. The van der Waals surface area contributed by atoms with E-state index in [0.29, 0.717) is 11.7 Å². The molecule has 0 aromatic heterocycles. The van der Waals surface area contributed by atoms with Crippen LogP contribution in [0.15, 0.2) is 0 Å². The lowest BCUT2D eigenvalue weighted by atomic mass is 9.90. The van der Waals surface area contributed by atoms with E-state index in [9.17, 15) is 8.42 Å². The standard InChI is InChI=1S/C12H23BrO2S/c1-10-5-4-6-11(7-10)16(14,15)9-12(2,3)8-13/h10-11H,4-9H2,1-3H3. The van der Waals surface area contributed by atoms with Gasteiger partial charge in [-0.05, 0) is 24.2 Å². The maximum Gasteiger partial charge on any atom is 0.153 e. The molecule has 4 heteroatoms. The highest BCUT2D eigenvalue weighted by molar-refractivity contribution is 9.09. The van der Waals surface area contributed by atoms with E-state index in [2.05, 4.69) is 22.9 Å². The molecule has 1 rings (SSSR count). The predicted octanol–water partition coefficient (Wildman–Crippen LogP) is 3.40. The molecule has 0 aliphatic heterocycles. The molecule has 0 amide bonds. The fourth-order valence-electron chi connectivity index (χ4n) is 2.41. The second kappa shape index (κ2) is 5.38. The summed E-state index contributed by atoms with van der Waals surface area (Å²) < 4.78 is 24.6. The molecule has 0 aromatic rings. The molecule has 1 aliphatic carbocycles. The van der Waals surface area contributed by atoms with Crippen LogP contribution >= 0.6 is 15.9 Å². The quantitative estimate of drug-likeness (QED) is 0.746. The molecule has 0 spiro atoms. The van der Waals surface area contributed by atoms with Crippen LogP contribution in [0, 0.1) is 11.3 Å². The Labute approximate surface area is 108 Å². The average molecular weight is 311 g/mol. The minimum atomic E-state index is -2.92. The van der Waals surface area contributed by atoms with Crippen LogP contribution in [0.4, 0.5) is 0 Å². The summed E-state index contributed by atoms with van der Waals surface area (Å²) in [6, 6.07) is 0. The van der Waals surface area contributed by atoms with Gasteiger partial charge in [0.25, 0.3) is 0 Å². The molecule has 0 aromatic carbocycles. The average Bonchev–Trinajstić information content (AvgIpc) is 2.16. The van der Waals surface area contributed by atoms with E-state index in [1.807, 2.05) is 13.8 Å². The second-order valence-electron chi connectivity index (χ2n) is 6.00. The van der Waals surface area contributed by atoms with Gasteiger partial charge in [0.05, 0.1) is 11.0 Å². The van der Waals surface area contributed by atoms with Gasteiger partial charge in [0.1, 0.15) is 0 Å². The van der Waals surface area contributed by atoms with Crippen LogP contribution in [0.1, 0.15) is 46.5 Å². The molecule has 0 radical (unpaired) electrons. The zero-order chi connectivity index (χ0) is 12.4. The zero-order valence-corrected chi connectivity index (χ0v) is 12.9. The van der Waals surface area contributed by atoms with E-state index in [4.69, 9.17) is 0 Å². The van der Waals surface area contributed by atoms with Crippen molar-refractivity contribution in [3.63, 3.8) is 0 Å². The molecule has 0 saturated heterocycles. The van der Waals surface area contributed by atoms with Crippen LogP contribution in [0.25, 0.3) is 0 Å². The van der Waals surface area contributed by atoms with Crippen molar-refractivity contribution in [1.82, 2.24) is 0 Å². The van der Waals surface area contributed by atoms with Crippen molar-refractivity contribution >= 4 is 25.8 Å². The molecule has 0 heterocycles. The van der Waals surface area contributed by atoms with Gasteiger partial charge < -0.3 is 0 Å². The molecule has 2 nitrogen and oxygen atoms in total. The van der Waals surface area contributed by atoms with Crippen molar-refractivity contribution in [3.8, 4) is 0 Å². The molecular formula is C12H23BrO2S. The maximum atomic E-state index is 12.3. The Balaban J connectivity index is 2.70. The van der Waals surface area contributed by atoms with Gasteiger partial charge in [0.15, 0.2) is 9.84 Å². The summed E-state index contributed by atoms with van der Waals surface area (Å²) in [4.78, 5) is 0. The van der Waals surface area contributed by atoms with E-state index in [1.165, 1.54) is 6.42 Å². The maximum absolute atomic E-state index is 12.3. The van der Waals surface area contributed by atoms with Crippen molar-refractivity contribution < 1.29 is 8.42 Å². The van der Waals surface area contributed by atoms with E-state index >= 15 is 0 Å². The third-order valence-electron chi connectivity index (χ3n) is 3.35. The van der Waals surface area contributed by atoms with E-state index < -0.39 is 9.84 Å². The third kappa shape index (κ3) is 4.02. The zero-order valence-electron chi connectivity index (χ0n) is 10.5. The van der Waals surface area contributed by atoms with Gasteiger partial charge in [-0.25, -0.2) is 8.42 Å². The van der Waals surface area contributed by atoms with Gasteiger partial charge in [-0.1, -0.05) is 49.5 Å². The Hall–Kier alpha value is 0.430. The first kappa shape index (κ1) is 14.5. The third-order valence-corrected chi connectivity index (χ3v) is 7.50. The first-order valence-corrected chi connectivity index (χ1v) is 8.88. The molecule has 1 saturated carbocycles. The summed E-state index contributed by atoms with van der Waals surface area (Å²) in [5, 5.41) is 0.649. The molecule has 0 bridgehead atoms. The van der Waals surface area contributed by atoms with E-state index in [0.717, 1.165) is 24.6 Å². The topological polar surface area (TPSA) is 34.1 Å². The minimum absolute atomic E-state index is 0.0884. The van der Waals surface area contributed by atoms with E-state index in [-0.39, 0.29) is 10.7 Å². The van der Waals surface area contributed by atoms with Crippen LogP contribution in [-0.2, 0) is 9.84 Å². The lowest BCUT2D eigenvalue weighted by Gasteiger charge is -2.30. The van der Waals surface area contributed by atoms with Crippen LogP contribution in [-0.4, -0.2) is 24.8 Å². The monoisotopic (exact) mass is 310 g/mol. The van der Waals surface area contributed by atoms with Gasteiger partial charge in [-0.3, -0.25) is 0 Å². The Morgan fingerprint density at radius 2 is 1.94 bits per heavy atom. The fourth-order valence-corrected chi connectivity index (χ4v) is 5.44. The minimum Gasteiger partial charge on any atom is -0.229 e. The fraction of sp³-hybridized carbons (Fsp3) is 1.00. The molecule has 0 N–H and O–H groups in total. The van der Waals surface area contributed by atoms with Crippen molar-refractivity contribution in [2.75, 3.05) is 11.1 Å². The Kier molecular flexibility index (Phi) is 4.88. The highest BCUT2D eigenvalue weighted by Gasteiger charge is 2.34. The Bertz CT molecular complexity index is 322. The van der Waals surface area contributed by atoms with Gasteiger partial charge >= 0.3 is 0 Å². The highest BCUT2D eigenvalue weighted by atomic mass is 79.9. The SMILES string of the molecule is CC1CCCC(S(=O)(=O)CC(C)(C)CBr)C1. The Morgan fingerprint density at radius 1 is 1.31 bits per heavy atom. The van der Waals surface area contributed by atoms with Crippen LogP contribution in [0.5, 0.6) is 0 Å². The normalized spacial score (nSPS) is 28.0. The predicted molar refractivity (Wildman–Crippen MR) is 72.8 cm³/mol. The second-order valence-corrected chi connectivity index (χ2v) is 8.84. The van der Waals surface area contributed by atoms with Gasteiger partial charge in [-0.2, -0.15) is 0 Å². The van der Waals surface area contributed by atoms with Gasteiger partial charge in [0, 0.05) is 5.33 Å². The summed E-state index contributed by atoms with van der Waals surface area (Å²) in [5.41, 5.74) is -0.153. The summed E-state index contributed by atoms with van der Waals surface area (Å²) >= 11 is 3.39. The van der Waals surface area contributed by atoms with Crippen molar-refractivity contribution in [1.29, 1.82) is 0 Å². The Morgan fingerprint density at radius 3 is 2.44 bits per heavy atom. The van der Waals surface area contributed by atoms with Crippen molar-refractivity contribution in [2.24, 2.45) is 11.3 Å². The number of hydrogen-bond acceptors (Lipinski definition) is 2. The van der Waals surface area contributed by atoms with Crippen LogP contribution in [0.3, 0.4) is 0 Å². The summed E-state index contributed by atoms with van der Waals surface area (Å²) in [6.45, 7) is 6.18. The lowest BCUT2D eigenvalue weighted by Crippen LogP contribution is -2.35. The first-order chi connectivity index (χ1) is 7.27. The largest absolute Gasteiger partial charge is 0.229 e. The van der Waals surface area contributed by atoms with Gasteiger partial charge in [0.2, 0.25) is 0 Å². The molecular weight excluding hydrogens is 288 g/mol. The molecule has 2 atom stereocenters. The number of sulfone groups is 1. The number of halogens is 1. The van der Waals surface area contributed by atoms with Crippen LogP contribution in [0.2, 0.25) is 0 Å². The van der Waals surface area contributed by atoms with Crippen LogP contribution < -0.4 is 0 Å². The van der Waals surface area contributed by atoms with E-state index in [1.54, 1.807) is 0 Å². The summed E-state index contributed by atoms with van der Waals surface area (Å²) in [5.74, 6) is 0.878. The number of alkyl halides is 1. The number of hydrogen-bond donors (Lipinski definition) is 0. The first-order valence-electron chi connectivity index (χ1n) is 6.04. The van der Waals surface area contributed by atoms with Crippen molar-refractivity contribution in [3.05, 3.63) is 0 Å². The van der Waals surface area contributed by atoms with Crippen molar-refractivity contribution in [2.45, 2.75) is 51.7 Å². The highest BCUT2D eigenvalue weighted by Crippen LogP contribution is 2.31. The lowest BCUT2D eigenvalue weighted by molar-refractivity contribution is 0.377. The molecule has 1 aliphatic rings. The number of rotatable bonds is 4. The summed E-state index contributed by atoms with van der Waals surface area (Å²) in [7, 11) is -2.92. The summed E-state index contributed by atoms with van der Waals surface area (Å²) in [6.07, 6.45) is 3.99.